The number of halogens is 1. The highest BCUT2D eigenvalue weighted by molar-refractivity contribution is 8.13. The van der Waals surface area contributed by atoms with Gasteiger partial charge < -0.3 is 4.90 Å². The number of benzene rings is 1. The van der Waals surface area contributed by atoms with Crippen LogP contribution in [-0.4, -0.2) is 20.9 Å². The molecular weight excluding hydrogens is 250 g/mol. The maximum atomic E-state index is 11.6. The Balaban J connectivity index is 2.52. The Bertz CT molecular complexity index is 553. The van der Waals surface area contributed by atoms with Gasteiger partial charge in [0.25, 0.3) is 9.05 Å². The highest BCUT2D eigenvalue weighted by atomic mass is 35.7. The van der Waals surface area contributed by atoms with Crippen molar-refractivity contribution in [2.45, 2.75) is 18.2 Å². The second-order valence-corrected chi connectivity index (χ2v) is 6.11. The summed E-state index contributed by atoms with van der Waals surface area (Å²) in [7, 11) is 1.52. The maximum Gasteiger partial charge on any atom is 0.261 e. The third-order valence-electron chi connectivity index (χ3n) is 2.58. The van der Waals surface area contributed by atoms with Crippen LogP contribution in [0.1, 0.15) is 12.5 Å². The number of likely N-dealkylation sites (N-methyl/N-ethyl adjacent to an activating group) is 1. The molecule has 0 saturated carbocycles. The van der Waals surface area contributed by atoms with Crippen LogP contribution in [0.5, 0.6) is 0 Å². The van der Waals surface area contributed by atoms with Crippen LogP contribution in [-0.2, 0) is 20.3 Å². The zero-order chi connectivity index (χ0) is 11.9. The summed E-state index contributed by atoms with van der Waals surface area (Å²) >= 11 is 0. The molecule has 0 spiro atoms. The number of hydrogen-bond donors (Lipinski definition) is 0. The van der Waals surface area contributed by atoms with Gasteiger partial charge in [-0.05, 0) is 30.7 Å². The normalized spacial score (nSPS) is 15.4. The number of rotatable bonds is 2. The molecule has 0 atom stereocenters. The van der Waals surface area contributed by atoms with Crippen molar-refractivity contribution in [3.05, 3.63) is 23.8 Å². The lowest BCUT2D eigenvalue weighted by atomic mass is 10.2. The molecule has 0 bridgehead atoms. The molecule has 0 aromatic heterocycles. The van der Waals surface area contributed by atoms with Crippen LogP contribution < -0.4 is 4.90 Å². The summed E-state index contributed by atoms with van der Waals surface area (Å²) in [6, 6.07) is 4.51. The summed E-state index contributed by atoms with van der Waals surface area (Å²) in [6.45, 7) is 2.46. The predicted octanol–water partition coefficient (Wildman–Crippen LogP) is 1.52. The Kier molecular flexibility index (Phi) is 2.67. The second kappa shape index (κ2) is 3.75. The summed E-state index contributed by atoms with van der Waals surface area (Å²) in [5.74, 6) is -0.0124. The number of nitrogens with zero attached hydrogens (tertiary/aromatic N) is 1. The van der Waals surface area contributed by atoms with E-state index in [1.165, 1.54) is 12.1 Å². The molecule has 1 aromatic rings. The van der Waals surface area contributed by atoms with Crippen LogP contribution in [0.4, 0.5) is 5.69 Å². The van der Waals surface area contributed by atoms with Crippen molar-refractivity contribution in [1.29, 1.82) is 0 Å². The molecule has 4 nitrogen and oxygen atoms in total. The smallest absolute Gasteiger partial charge is 0.261 e. The largest absolute Gasteiger partial charge is 0.312 e. The molecule has 1 aliphatic heterocycles. The van der Waals surface area contributed by atoms with Gasteiger partial charge in [0.2, 0.25) is 5.91 Å². The number of carbonyl (C=O) groups is 1. The summed E-state index contributed by atoms with van der Waals surface area (Å²) in [5, 5.41) is 0. The van der Waals surface area contributed by atoms with Gasteiger partial charge in [-0.25, -0.2) is 8.42 Å². The van der Waals surface area contributed by atoms with Gasteiger partial charge in [0, 0.05) is 22.9 Å². The Morgan fingerprint density at radius 3 is 2.69 bits per heavy atom. The van der Waals surface area contributed by atoms with E-state index in [1.807, 2.05) is 6.92 Å². The van der Waals surface area contributed by atoms with E-state index in [0.717, 1.165) is 5.69 Å². The molecule has 0 N–H and O–H groups in total. The number of carbonyl (C=O) groups excluding carboxylic acids is 1. The first-order chi connectivity index (χ1) is 7.43. The zero-order valence-electron chi connectivity index (χ0n) is 8.60. The molecule has 0 saturated heterocycles. The molecule has 6 heteroatoms. The molecule has 0 radical (unpaired) electrons. The fraction of sp³-hybridized carbons (Fsp3) is 0.300. The Morgan fingerprint density at radius 1 is 1.44 bits per heavy atom. The molecule has 0 aliphatic carbocycles. The molecule has 1 aromatic carbocycles. The van der Waals surface area contributed by atoms with Crippen LogP contribution in [0, 0.1) is 0 Å². The Labute approximate surface area is 98.2 Å². The Hall–Kier alpha value is -1.07. The minimum Gasteiger partial charge on any atom is -0.312 e. The lowest BCUT2D eigenvalue weighted by Crippen LogP contribution is -2.25. The number of amides is 1. The molecule has 0 fully saturated rings. The summed E-state index contributed by atoms with van der Waals surface area (Å²) < 4.78 is 22.3. The van der Waals surface area contributed by atoms with Crippen LogP contribution in [0.2, 0.25) is 0 Å². The summed E-state index contributed by atoms with van der Waals surface area (Å²) in [5.41, 5.74) is 1.49. The van der Waals surface area contributed by atoms with Crippen molar-refractivity contribution in [2.75, 3.05) is 11.4 Å². The molecular formula is C10H10ClNO3S. The standard InChI is InChI=1S/C10H10ClNO3S/c1-2-12-9-4-3-8(16(11,14)15)5-7(9)6-10(12)13/h3-5H,2,6H2,1H3. The van der Waals surface area contributed by atoms with Gasteiger partial charge in [-0.2, -0.15) is 0 Å². The minimum absolute atomic E-state index is 0.0124. The van der Waals surface area contributed by atoms with E-state index in [-0.39, 0.29) is 17.2 Å². The van der Waals surface area contributed by atoms with Crippen molar-refractivity contribution in [3.8, 4) is 0 Å². The van der Waals surface area contributed by atoms with E-state index >= 15 is 0 Å². The van der Waals surface area contributed by atoms with Gasteiger partial charge in [0.1, 0.15) is 0 Å². The highest BCUT2D eigenvalue weighted by Gasteiger charge is 2.27. The van der Waals surface area contributed by atoms with Gasteiger partial charge in [0.05, 0.1) is 11.3 Å². The topological polar surface area (TPSA) is 54.5 Å². The quantitative estimate of drug-likeness (QED) is 0.757. The lowest BCUT2D eigenvalue weighted by molar-refractivity contribution is -0.117. The molecule has 1 aliphatic rings. The third kappa shape index (κ3) is 1.81. The molecule has 0 unspecified atom stereocenters. The lowest BCUT2D eigenvalue weighted by Gasteiger charge is -2.14. The van der Waals surface area contributed by atoms with Crippen molar-refractivity contribution >= 4 is 31.3 Å². The van der Waals surface area contributed by atoms with Crippen molar-refractivity contribution < 1.29 is 13.2 Å². The van der Waals surface area contributed by atoms with Crippen LogP contribution in [0.15, 0.2) is 23.1 Å². The van der Waals surface area contributed by atoms with Gasteiger partial charge in [0.15, 0.2) is 0 Å². The van der Waals surface area contributed by atoms with Gasteiger partial charge >= 0.3 is 0 Å². The van der Waals surface area contributed by atoms with E-state index in [1.54, 1.807) is 11.0 Å². The van der Waals surface area contributed by atoms with Gasteiger partial charge in [-0.15, -0.1) is 0 Å². The van der Waals surface area contributed by atoms with Crippen LogP contribution in [0.3, 0.4) is 0 Å². The average Bonchev–Trinajstić information content (AvgIpc) is 2.50. The minimum atomic E-state index is -3.72. The van der Waals surface area contributed by atoms with Gasteiger partial charge in [-0.3, -0.25) is 4.79 Å². The average molecular weight is 260 g/mol. The SMILES string of the molecule is CCN1C(=O)Cc2cc(S(=O)(=O)Cl)ccc21. The van der Waals surface area contributed by atoms with E-state index in [9.17, 15) is 13.2 Å². The van der Waals surface area contributed by atoms with Crippen molar-refractivity contribution in [2.24, 2.45) is 0 Å². The van der Waals surface area contributed by atoms with E-state index < -0.39 is 9.05 Å². The second-order valence-electron chi connectivity index (χ2n) is 3.54. The van der Waals surface area contributed by atoms with Crippen LogP contribution in [0.25, 0.3) is 0 Å². The first-order valence-electron chi connectivity index (χ1n) is 4.81. The molecule has 1 heterocycles. The van der Waals surface area contributed by atoms with Crippen molar-refractivity contribution in [1.82, 2.24) is 0 Å². The summed E-state index contributed by atoms with van der Waals surface area (Å²) in [6.07, 6.45) is 0.240. The third-order valence-corrected chi connectivity index (χ3v) is 3.93. The molecule has 86 valence electrons. The molecule has 16 heavy (non-hydrogen) atoms. The first-order valence-corrected chi connectivity index (χ1v) is 7.12. The number of anilines is 1. The zero-order valence-corrected chi connectivity index (χ0v) is 10.2. The Morgan fingerprint density at radius 2 is 2.12 bits per heavy atom. The van der Waals surface area contributed by atoms with E-state index in [0.29, 0.717) is 12.1 Å². The molecule has 2 rings (SSSR count). The number of fused-ring (bicyclic) bond motifs is 1. The fourth-order valence-corrected chi connectivity index (χ4v) is 2.66. The maximum absolute atomic E-state index is 11.6. The predicted molar refractivity (Wildman–Crippen MR) is 61.2 cm³/mol. The fourth-order valence-electron chi connectivity index (χ4n) is 1.86. The van der Waals surface area contributed by atoms with E-state index in [4.69, 9.17) is 10.7 Å². The van der Waals surface area contributed by atoms with E-state index in [2.05, 4.69) is 0 Å². The number of hydrogen-bond acceptors (Lipinski definition) is 3. The first kappa shape index (κ1) is 11.4. The summed E-state index contributed by atoms with van der Waals surface area (Å²) in [4.78, 5) is 13.2. The van der Waals surface area contributed by atoms with Gasteiger partial charge in [-0.1, -0.05) is 0 Å². The highest BCUT2D eigenvalue weighted by Crippen LogP contribution is 2.31. The van der Waals surface area contributed by atoms with Crippen LogP contribution >= 0.6 is 10.7 Å². The molecule has 1 amide bonds. The van der Waals surface area contributed by atoms with Crippen molar-refractivity contribution in [3.63, 3.8) is 0 Å². The monoisotopic (exact) mass is 259 g/mol.